The summed E-state index contributed by atoms with van der Waals surface area (Å²) in [7, 11) is 0. The number of nitriles is 1. The van der Waals surface area contributed by atoms with Crippen LogP contribution in [-0.4, -0.2) is 18.0 Å². The number of nitrogens with zero attached hydrogens (tertiary/aromatic N) is 1. The van der Waals surface area contributed by atoms with E-state index in [1.807, 2.05) is 44.2 Å². The molecule has 1 amide bonds. The van der Waals surface area contributed by atoms with Crippen molar-refractivity contribution in [3.05, 3.63) is 89.0 Å². The lowest BCUT2D eigenvalue weighted by atomic mass is 10.1. The van der Waals surface area contributed by atoms with Crippen molar-refractivity contribution in [2.45, 2.75) is 26.9 Å². The zero-order valence-electron chi connectivity index (χ0n) is 17.6. The van der Waals surface area contributed by atoms with Gasteiger partial charge in [0.05, 0.1) is 22.9 Å². The maximum atomic E-state index is 12.8. The van der Waals surface area contributed by atoms with Crippen molar-refractivity contribution in [3.63, 3.8) is 0 Å². The van der Waals surface area contributed by atoms with Crippen LogP contribution in [0.2, 0.25) is 0 Å². The van der Waals surface area contributed by atoms with Crippen LogP contribution in [0.25, 0.3) is 0 Å². The minimum atomic E-state index is -1.02. The average molecular weight is 413 g/mol. The number of rotatable bonds is 6. The molecule has 0 aliphatic rings. The van der Waals surface area contributed by atoms with Crippen LogP contribution < -0.4 is 10.6 Å². The van der Waals surface area contributed by atoms with Crippen molar-refractivity contribution in [2.24, 2.45) is 0 Å². The van der Waals surface area contributed by atoms with E-state index in [1.54, 1.807) is 42.5 Å². The van der Waals surface area contributed by atoms with Crippen LogP contribution in [0.4, 0.5) is 17.1 Å². The Morgan fingerprint density at radius 2 is 1.68 bits per heavy atom. The lowest BCUT2D eigenvalue weighted by molar-refractivity contribution is -0.123. The first-order valence-corrected chi connectivity index (χ1v) is 9.83. The molecule has 0 aliphatic carbocycles. The van der Waals surface area contributed by atoms with Crippen molar-refractivity contribution >= 4 is 28.9 Å². The smallest absolute Gasteiger partial charge is 0.341 e. The maximum Gasteiger partial charge on any atom is 0.341 e. The molecular formula is C25H23N3O3. The van der Waals surface area contributed by atoms with Crippen molar-refractivity contribution < 1.29 is 14.3 Å². The van der Waals surface area contributed by atoms with Gasteiger partial charge in [-0.15, -0.1) is 0 Å². The van der Waals surface area contributed by atoms with Gasteiger partial charge in [0.2, 0.25) is 0 Å². The summed E-state index contributed by atoms with van der Waals surface area (Å²) in [6.07, 6.45) is -1.02. The predicted molar refractivity (Wildman–Crippen MR) is 120 cm³/mol. The van der Waals surface area contributed by atoms with E-state index in [2.05, 4.69) is 10.6 Å². The molecule has 1 atom stereocenters. The van der Waals surface area contributed by atoms with Gasteiger partial charge in [-0.3, -0.25) is 4.79 Å². The molecule has 0 unspecified atom stereocenters. The number of aryl methyl sites for hydroxylation is 1. The van der Waals surface area contributed by atoms with Crippen molar-refractivity contribution in [2.75, 3.05) is 10.6 Å². The van der Waals surface area contributed by atoms with Crippen LogP contribution in [0.15, 0.2) is 66.7 Å². The second-order valence-electron chi connectivity index (χ2n) is 7.15. The fourth-order valence-corrected chi connectivity index (χ4v) is 2.99. The van der Waals surface area contributed by atoms with Gasteiger partial charge in [0.15, 0.2) is 6.10 Å². The molecule has 31 heavy (non-hydrogen) atoms. The zero-order chi connectivity index (χ0) is 22.4. The van der Waals surface area contributed by atoms with E-state index in [0.29, 0.717) is 22.5 Å². The van der Waals surface area contributed by atoms with Crippen LogP contribution in [-0.2, 0) is 9.53 Å². The highest BCUT2D eigenvalue weighted by atomic mass is 16.5. The summed E-state index contributed by atoms with van der Waals surface area (Å²) in [5.74, 6) is -1.09. The second-order valence-corrected chi connectivity index (χ2v) is 7.15. The second kappa shape index (κ2) is 9.59. The number of hydrogen-bond acceptors (Lipinski definition) is 5. The molecule has 0 fully saturated rings. The van der Waals surface area contributed by atoms with Gasteiger partial charge in [0.1, 0.15) is 0 Å². The Bertz CT molecular complexity index is 1160. The van der Waals surface area contributed by atoms with Crippen molar-refractivity contribution in [1.29, 1.82) is 5.26 Å². The molecule has 6 nitrogen and oxygen atoms in total. The molecule has 3 rings (SSSR count). The lowest BCUT2D eigenvalue weighted by Gasteiger charge is -2.17. The third-order valence-electron chi connectivity index (χ3n) is 4.93. The number of hydrogen-bond donors (Lipinski definition) is 2. The molecule has 0 aromatic heterocycles. The van der Waals surface area contributed by atoms with Gasteiger partial charge in [-0.2, -0.15) is 5.26 Å². The molecule has 0 saturated heterocycles. The van der Waals surface area contributed by atoms with Crippen molar-refractivity contribution in [3.8, 4) is 6.07 Å². The molecule has 156 valence electrons. The number of carbonyl (C=O) groups is 2. The molecule has 3 aromatic carbocycles. The summed E-state index contributed by atoms with van der Waals surface area (Å²) < 4.78 is 5.40. The highest BCUT2D eigenvalue weighted by molar-refractivity contribution is 6.00. The van der Waals surface area contributed by atoms with Crippen molar-refractivity contribution in [1.82, 2.24) is 0 Å². The normalized spacial score (nSPS) is 11.2. The highest BCUT2D eigenvalue weighted by Gasteiger charge is 2.21. The van der Waals surface area contributed by atoms with Gasteiger partial charge < -0.3 is 15.4 Å². The minimum Gasteiger partial charge on any atom is -0.449 e. The highest BCUT2D eigenvalue weighted by Crippen LogP contribution is 2.26. The fraction of sp³-hybridized carbons (Fsp3) is 0.160. The van der Waals surface area contributed by atoms with Crippen LogP contribution in [0.3, 0.4) is 0 Å². The van der Waals surface area contributed by atoms with E-state index in [9.17, 15) is 9.59 Å². The molecule has 0 bridgehead atoms. The van der Waals surface area contributed by atoms with E-state index < -0.39 is 18.0 Å². The summed E-state index contributed by atoms with van der Waals surface area (Å²) in [5, 5.41) is 14.9. The van der Waals surface area contributed by atoms with Crippen LogP contribution in [0.1, 0.15) is 34.0 Å². The molecule has 0 saturated carbocycles. The summed E-state index contributed by atoms with van der Waals surface area (Å²) in [4.78, 5) is 25.2. The Kier molecular flexibility index (Phi) is 6.68. The number of carbonyl (C=O) groups excluding carboxylic acids is 2. The van der Waals surface area contributed by atoms with Crippen LogP contribution in [0, 0.1) is 25.2 Å². The topological polar surface area (TPSA) is 91.2 Å². The van der Waals surface area contributed by atoms with E-state index in [4.69, 9.17) is 10.00 Å². The zero-order valence-corrected chi connectivity index (χ0v) is 17.6. The SMILES string of the molecule is Cc1cccc(Nc2ccccc2C(=O)O[C@H](C)C(=O)Nc2cccc(C#N)c2)c1C. The fourth-order valence-electron chi connectivity index (χ4n) is 2.99. The van der Waals surface area contributed by atoms with Gasteiger partial charge in [-0.05, 0) is 68.3 Å². The van der Waals surface area contributed by atoms with Crippen LogP contribution in [0.5, 0.6) is 0 Å². The average Bonchev–Trinajstić information content (AvgIpc) is 2.77. The van der Waals surface area contributed by atoms with Gasteiger partial charge in [-0.1, -0.05) is 30.3 Å². The quantitative estimate of drug-likeness (QED) is 0.549. The molecule has 3 aromatic rings. The number of amides is 1. The summed E-state index contributed by atoms with van der Waals surface area (Å²) in [5.41, 5.74) is 4.92. The lowest BCUT2D eigenvalue weighted by Crippen LogP contribution is -2.30. The Labute approximate surface area is 181 Å². The molecule has 0 spiro atoms. The number of nitrogens with one attached hydrogen (secondary N) is 2. The molecular weight excluding hydrogens is 390 g/mol. The summed E-state index contributed by atoms with van der Waals surface area (Å²) in [6.45, 7) is 5.53. The third-order valence-corrected chi connectivity index (χ3v) is 4.93. The van der Waals surface area contributed by atoms with E-state index in [-0.39, 0.29) is 0 Å². The van der Waals surface area contributed by atoms with E-state index in [1.165, 1.54) is 6.92 Å². The van der Waals surface area contributed by atoms with E-state index >= 15 is 0 Å². The number of benzene rings is 3. The molecule has 0 aliphatic heterocycles. The summed E-state index contributed by atoms with van der Waals surface area (Å²) >= 11 is 0. The first-order chi connectivity index (χ1) is 14.9. The largest absolute Gasteiger partial charge is 0.449 e. The Morgan fingerprint density at radius 3 is 2.45 bits per heavy atom. The Morgan fingerprint density at radius 1 is 0.968 bits per heavy atom. The molecule has 2 N–H and O–H groups in total. The number of para-hydroxylation sites is 1. The molecule has 0 heterocycles. The molecule has 6 heteroatoms. The Hall–Kier alpha value is -4.11. The minimum absolute atomic E-state index is 0.328. The van der Waals surface area contributed by atoms with Gasteiger partial charge in [0, 0.05) is 11.4 Å². The van der Waals surface area contributed by atoms with E-state index in [0.717, 1.165) is 16.8 Å². The van der Waals surface area contributed by atoms with Gasteiger partial charge in [-0.25, -0.2) is 4.79 Å². The number of esters is 1. The van der Waals surface area contributed by atoms with Gasteiger partial charge >= 0.3 is 5.97 Å². The monoisotopic (exact) mass is 413 g/mol. The first kappa shape index (κ1) is 21.6. The predicted octanol–water partition coefficient (Wildman–Crippen LogP) is 5.10. The first-order valence-electron chi connectivity index (χ1n) is 9.83. The standard InChI is InChI=1S/C25H23N3O3/c1-16-8-6-13-22(17(16)2)28-23-12-5-4-11-21(23)25(30)31-18(3)24(29)27-20-10-7-9-19(14-20)15-26/h4-14,18,28H,1-3H3,(H,27,29)/t18-/m1/s1. The molecule has 0 radical (unpaired) electrons. The summed E-state index contributed by atoms with van der Waals surface area (Å²) in [6, 6.07) is 21.4. The number of ether oxygens (including phenoxy) is 1. The third kappa shape index (κ3) is 5.28. The Balaban J connectivity index is 1.72. The number of anilines is 3. The van der Waals surface area contributed by atoms with Crippen LogP contribution >= 0.6 is 0 Å². The maximum absolute atomic E-state index is 12.8. The van der Waals surface area contributed by atoms with Gasteiger partial charge in [0.25, 0.3) is 5.91 Å².